The lowest BCUT2D eigenvalue weighted by molar-refractivity contribution is -0.149. The monoisotopic (exact) mass is 509 g/mol. The lowest BCUT2D eigenvalue weighted by atomic mass is 9.86. The van der Waals surface area contributed by atoms with Crippen LogP contribution in [0.2, 0.25) is 0 Å². The topological polar surface area (TPSA) is 62.7 Å². The average Bonchev–Trinajstić information content (AvgIpc) is 2.74. The quantitative estimate of drug-likeness (QED) is 0.264. The minimum absolute atomic E-state index is 0. The van der Waals surface area contributed by atoms with Crippen molar-refractivity contribution in [2.24, 2.45) is 10.9 Å². The minimum Gasteiger partial charge on any atom is -0.466 e. The van der Waals surface area contributed by atoms with Crippen molar-refractivity contribution in [3.8, 4) is 0 Å². The summed E-state index contributed by atoms with van der Waals surface area (Å²) in [7, 11) is 1.80. The zero-order valence-corrected chi connectivity index (χ0v) is 19.6. The van der Waals surface area contributed by atoms with E-state index in [4.69, 9.17) is 4.74 Å². The third kappa shape index (κ3) is 6.59. The van der Waals surface area contributed by atoms with Gasteiger partial charge in [-0.1, -0.05) is 42.5 Å². The molecule has 5 nitrogen and oxygen atoms in total. The standard InChI is InChI=1S/C23H31N3O2.HI/c1-3-28-22(27)19-11-13-20(14-12-19)26-23(24-2)25-16-15-18-9-6-8-17-7-4-5-10-21(17)18;/h4-10,19-20H,3,11-16H2,1-2H3,(H2,24,25,26);1H. The van der Waals surface area contributed by atoms with E-state index in [1.54, 1.807) is 7.05 Å². The maximum absolute atomic E-state index is 11.9. The average molecular weight is 509 g/mol. The fraction of sp³-hybridized carbons (Fsp3) is 0.478. The number of rotatable bonds is 6. The molecule has 0 spiro atoms. The van der Waals surface area contributed by atoms with Gasteiger partial charge in [-0.2, -0.15) is 0 Å². The highest BCUT2D eigenvalue weighted by molar-refractivity contribution is 14.0. The zero-order chi connectivity index (χ0) is 19.8. The van der Waals surface area contributed by atoms with Crippen molar-refractivity contribution in [2.75, 3.05) is 20.2 Å². The van der Waals surface area contributed by atoms with E-state index in [2.05, 4.69) is 58.1 Å². The van der Waals surface area contributed by atoms with Gasteiger partial charge in [-0.3, -0.25) is 9.79 Å². The largest absolute Gasteiger partial charge is 0.466 e. The van der Waals surface area contributed by atoms with E-state index in [0.717, 1.165) is 44.6 Å². The number of carbonyl (C=O) groups excluding carboxylic acids is 1. The first-order valence-electron chi connectivity index (χ1n) is 10.3. The molecule has 1 fully saturated rings. The molecule has 2 aromatic carbocycles. The molecule has 0 aromatic heterocycles. The van der Waals surface area contributed by atoms with Crippen LogP contribution in [0.25, 0.3) is 10.8 Å². The van der Waals surface area contributed by atoms with Crippen LogP contribution in [0.4, 0.5) is 0 Å². The van der Waals surface area contributed by atoms with Gasteiger partial charge in [0.2, 0.25) is 0 Å². The number of esters is 1. The third-order valence-electron chi connectivity index (χ3n) is 5.48. The highest BCUT2D eigenvalue weighted by Gasteiger charge is 2.27. The summed E-state index contributed by atoms with van der Waals surface area (Å²) in [5.74, 6) is 0.845. The van der Waals surface area contributed by atoms with E-state index in [1.165, 1.54) is 16.3 Å². The van der Waals surface area contributed by atoms with Crippen LogP contribution in [-0.2, 0) is 16.0 Å². The predicted octanol–water partition coefficient (Wildman–Crippen LogP) is 4.29. The summed E-state index contributed by atoms with van der Waals surface area (Å²) in [6, 6.07) is 15.3. The highest BCUT2D eigenvalue weighted by atomic mass is 127. The van der Waals surface area contributed by atoms with Crippen LogP contribution < -0.4 is 10.6 Å². The van der Waals surface area contributed by atoms with Gasteiger partial charge in [0.15, 0.2) is 5.96 Å². The molecular formula is C23H32IN3O2. The van der Waals surface area contributed by atoms with Crippen LogP contribution in [0.15, 0.2) is 47.5 Å². The Morgan fingerprint density at radius 1 is 1.10 bits per heavy atom. The number of aliphatic imine (C=N–C) groups is 1. The SMILES string of the molecule is CCOC(=O)C1CCC(NC(=NC)NCCc2cccc3ccccc23)CC1.I. The van der Waals surface area contributed by atoms with E-state index in [9.17, 15) is 4.79 Å². The van der Waals surface area contributed by atoms with E-state index < -0.39 is 0 Å². The number of hydrogen-bond donors (Lipinski definition) is 2. The fourth-order valence-electron chi connectivity index (χ4n) is 3.95. The normalized spacial score (nSPS) is 19.3. The van der Waals surface area contributed by atoms with Gasteiger partial charge in [-0.05, 0) is 55.4 Å². The number of halogens is 1. The number of guanidine groups is 1. The van der Waals surface area contributed by atoms with Crippen LogP contribution in [0.5, 0.6) is 0 Å². The molecule has 0 radical (unpaired) electrons. The van der Waals surface area contributed by atoms with Crippen LogP contribution in [0.1, 0.15) is 38.2 Å². The molecule has 1 aliphatic carbocycles. The Labute approximate surface area is 190 Å². The molecular weight excluding hydrogens is 477 g/mol. The second-order valence-corrected chi connectivity index (χ2v) is 7.33. The smallest absolute Gasteiger partial charge is 0.308 e. The Hall–Kier alpha value is -1.83. The van der Waals surface area contributed by atoms with Crippen molar-refractivity contribution in [3.63, 3.8) is 0 Å². The number of benzene rings is 2. The van der Waals surface area contributed by atoms with Gasteiger partial charge in [-0.15, -0.1) is 24.0 Å². The van der Waals surface area contributed by atoms with Crippen molar-refractivity contribution in [1.82, 2.24) is 10.6 Å². The van der Waals surface area contributed by atoms with Crippen LogP contribution in [0.3, 0.4) is 0 Å². The maximum Gasteiger partial charge on any atom is 0.308 e. The van der Waals surface area contributed by atoms with Gasteiger partial charge in [-0.25, -0.2) is 0 Å². The Morgan fingerprint density at radius 3 is 2.55 bits per heavy atom. The second-order valence-electron chi connectivity index (χ2n) is 7.33. The van der Waals surface area contributed by atoms with Crippen molar-refractivity contribution in [1.29, 1.82) is 0 Å². The lowest BCUT2D eigenvalue weighted by Crippen LogP contribution is -2.45. The summed E-state index contributed by atoms with van der Waals surface area (Å²) >= 11 is 0. The molecule has 0 aliphatic heterocycles. The zero-order valence-electron chi connectivity index (χ0n) is 17.3. The van der Waals surface area contributed by atoms with Crippen molar-refractivity contribution in [2.45, 2.75) is 45.1 Å². The number of nitrogens with zero attached hydrogens (tertiary/aromatic N) is 1. The fourth-order valence-corrected chi connectivity index (χ4v) is 3.95. The first kappa shape index (κ1) is 23.4. The maximum atomic E-state index is 11.9. The molecule has 1 aliphatic rings. The molecule has 3 rings (SSSR count). The Morgan fingerprint density at radius 2 is 1.83 bits per heavy atom. The molecule has 1 saturated carbocycles. The highest BCUT2D eigenvalue weighted by Crippen LogP contribution is 2.25. The molecule has 0 heterocycles. The van der Waals surface area contributed by atoms with Gasteiger partial charge in [0.1, 0.15) is 0 Å². The molecule has 0 bridgehead atoms. The van der Waals surface area contributed by atoms with Crippen LogP contribution in [-0.4, -0.2) is 38.2 Å². The first-order chi connectivity index (χ1) is 13.7. The van der Waals surface area contributed by atoms with Gasteiger partial charge >= 0.3 is 5.97 Å². The number of nitrogens with one attached hydrogen (secondary N) is 2. The van der Waals surface area contributed by atoms with Gasteiger partial charge in [0.25, 0.3) is 0 Å². The summed E-state index contributed by atoms with van der Waals surface area (Å²) in [6.07, 6.45) is 4.63. The Bertz CT molecular complexity index is 811. The first-order valence-corrected chi connectivity index (χ1v) is 10.3. The molecule has 2 N–H and O–H groups in total. The molecule has 6 heteroatoms. The molecule has 0 saturated heterocycles. The summed E-state index contributed by atoms with van der Waals surface area (Å²) < 4.78 is 5.15. The molecule has 2 aromatic rings. The van der Waals surface area contributed by atoms with Crippen molar-refractivity contribution >= 4 is 46.7 Å². The van der Waals surface area contributed by atoms with E-state index in [1.807, 2.05) is 6.92 Å². The van der Waals surface area contributed by atoms with E-state index in [-0.39, 0.29) is 35.9 Å². The van der Waals surface area contributed by atoms with Crippen molar-refractivity contribution < 1.29 is 9.53 Å². The summed E-state index contributed by atoms with van der Waals surface area (Å²) in [4.78, 5) is 16.2. The number of carbonyl (C=O) groups is 1. The Kier molecular flexibility index (Phi) is 9.70. The molecule has 29 heavy (non-hydrogen) atoms. The number of fused-ring (bicyclic) bond motifs is 1. The Balaban J connectivity index is 0.00000300. The van der Waals surface area contributed by atoms with Gasteiger partial charge in [0.05, 0.1) is 12.5 Å². The predicted molar refractivity (Wildman–Crippen MR) is 130 cm³/mol. The third-order valence-corrected chi connectivity index (χ3v) is 5.48. The summed E-state index contributed by atoms with van der Waals surface area (Å²) in [6.45, 7) is 3.15. The van der Waals surface area contributed by atoms with Gasteiger partial charge in [0, 0.05) is 19.6 Å². The minimum atomic E-state index is -0.0430. The van der Waals surface area contributed by atoms with Crippen molar-refractivity contribution in [3.05, 3.63) is 48.0 Å². The second kappa shape index (κ2) is 12.0. The van der Waals surface area contributed by atoms with Gasteiger partial charge < -0.3 is 15.4 Å². The molecule has 0 unspecified atom stereocenters. The number of hydrogen-bond acceptors (Lipinski definition) is 3. The number of ether oxygens (including phenoxy) is 1. The molecule has 158 valence electrons. The lowest BCUT2D eigenvalue weighted by Gasteiger charge is -2.29. The summed E-state index contributed by atoms with van der Waals surface area (Å²) in [5, 5.41) is 9.53. The van der Waals surface area contributed by atoms with Crippen LogP contribution in [0, 0.1) is 5.92 Å². The van der Waals surface area contributed by atoms with E-state index >= 15 is 0 Å². The van der Waals surface area contributed by atoms with E-state index in [0.29, 0.717) is 12.6 Å². The van der Waals surface area contributed by atoms with Crippen LogP contribution >= 0.6 is 24.0 Å². The molecule has 0 amide bonds. The summed E-state index contributed by atoms with van der Waals surface area (Å²) in [5.41, 5.74) is 1.34. The molecule has 0 atom stereocenters.